The molecule has 1 heterocycles. The third kappa shape index (κ3) is 2.44. The van der Waals surface area contributed by atoms with E-state index in [0.29, 0.717) is 12.8 Å². The number of aromatic nitrogens is 1. The van der Waals surface area contributed by atoms with Crippen LogP contribution in [-0.2, 0) is 11.2 Å². The van der Waals surface area contributed by atoms with E-state index in [1.54, 1.807) is 0 Å². The van der Waals surface area contributed by atoms with E-state index in [-0.39, 0.29) is 5.91 Å². The van der Waals surface area contributed by atoms with Crippen molar-refractivity contribution in [3.8, 4) is 0 Å². The number of hydrogen-bond donors (Lipinski definition) is 1. The SMILES string of the molecule is Cc1cc(CCC(N)=O)c2cccc(C)c2n1. The van der Waals surface area contributed by atoms with Gasteiger partial charge in [-0.3, -0.25) is 9.78 Å². The van der Waals surface area contributed by atoms with Gasteiger partial charge in [0.15, 0.2) is 0 Å². The monoisotopic (exact) mass is 228 g/mol. The third-order valence-corrected chi connectivity index (χ3v) is 2.90. The Morgan fingerprint density at radius 1 is 1.35 bits per heavy atom. The fourth-order valence-electron chi connectivity index (χ4n) is 2.07. The molecule has 1 aromatic heterocycles. The largest absolute Gasteiger partial charge is 0.370 e. The van der Waals surface area contributed by atoms with Crippen molar-refractivity contribution in [2.45, 2.75) is 26.7 Å². The number of benzene rings is 1. The van der Waals surface area contributed by atoms with Gasteiger partial charge < -0.3 is 5.73 Å². The van der Waals surface area contributed by atoms with Gasteiger partial charge in [-0.15, -0.1) is 0 Å². The molecule has 0 radical (unpaired) electrons. The van der Waals surface area contributed by atoms with Gasteiger partial charge in [-0.1, -0.05) is 18.2 Å². The first-order valence-electron chi connectivity index (χ1n) is 5.72. The maximum atomic E-state index is 10.9. The number of nitrogens with two attached hydrogens (primary N) is 1. The Kier molecular flexibility index (Phi) is 3.09. The summed E-state index contributed by atoms with van der Waals surface area (Å²) >= 11 is 0. The summed E-state index contributed by atoms with van der Waals surface area (Å²) in [5.74, 6) is -0.264. The number of fused-ring (bicyclic) bond motifs is 1. The van der Waals surface area contributed by atoms with E-state index < -0.39 is 0 Å². The van der Waals surface area contributed by atoms with E-state index in [2.05, 4.69) is 4.98 Å². The molecule has 0 unspecified atom stereocenters. The molecule has 3 nitrogen and oxygen atoms in total. The molecular weight excluding hydrogens is 212 g/mol. The number of amides is 1. The highest BCUT2D eigenvalue weighted by atomic mass is 16.1. The molecule has 0 saturated heterocycles. The van der Waals surface area contributed by atoms with Crippen LogP contribution in [0.1, 0.15) is 23.2 Å². The van der Waals surface area contributed by atoms with Gasteiger partial charge in [0.05, 0.1) is 5.52 Å². The minimum atomic E-state index is -0.264. The molecule has 88 valence electrons. The van der Waals surface area contributed by atoms with Crippen molar-refractivity contribution in [1.82, 2.24) is 4.98 Å². The second-order valence-corrected chi connectivity index (χ2v) is 4.36. The van der Waals surface area contributed by atoms with Gasteiger partial charge >= 0.3 is 0 Å². The van der Waals surface area contributed by atoms with Crippen LogP contribution >= 0.6 is 0 Å². The van der Waals surface area contributed by atoms with Crippen LogP contribution in [0, 0.1) is 13.8 Å². The molecule has 0 aliphatic rings. The fraction of sp³-hybridized carbons (Fsp3) is 0.286. The molecule has 0 atom stereocenters. The number of hydrogen-bond acceptors (Lipinski definition) is 2. The number of rotatable bonds is 3. The highest BCUT2D eigenvalue weighted by molar-refractivity contribution is 5.85. The van der Waals surface area contributed by atoms with Crippen molar-refractivity contribution in [1.29, 1.82) is 0 Å². The lowest BCUT2D eigenvalue weighted by atomic mass is 10.0. The zero-order valence-electron chi connectivity index (χ0n) is 10.2. The molecule has 3 heteroatoms. The van der Waals surface area contributed by atoms with Gasteiger partial charge in [0.2, 0.25) is 5.91 Å². The summed E-state index contributed by atoms with van der Waals surface area (Å²) in [7, 11) is 0. The van der Waals surface area contributed by atoms with Crippen molar-refractivity contribution < 1.29 is 4.79 Å². The van der Waals surface area contributed by atoms with Crippen LogP contribution in [0.15, 0.2) is 24.3 Å². The Morgan fingerprint density at radius 3 is 2.82 bits per heavy atom. The van der Waals surface area contributed by atoms with Crippen molar-refractivity contribution >= 4 is 16.8 Å². The van der Waals surface area contributed by atoms with Crippen LogP contribution in [0.5, 0.6) is 0 Å². The lowest BCUT2D eigenvalue weighted by Gasteiger charge is -2.08. The number of nitrogens with zero attached hydrogens (tertiary/aromatic N) is 1. The molecule has 0 saturated carbocycles. The second-order valence-electron chi connectivity index (χ2n) is 4.36. The van der Waals surface area contributed by atoms with E-state index in [9.17, 15) is 4.79 Å². The minimum absolute atomic E-state index is 0.264. The Hall–Kier alpha value is -1.90. The first-order valence-corrected chi connectivity index (χ1v) is 5.72. The zero-order chi connectivity index (χ0) is 12.4. The molecule has 2 rings (SSSR count). The first-order chi connectivity index (χ1) is 8.08. The third-order valence-electron chi connectivity index (χ3n) is 2.90. The minimum Gasteiger partial charge on any atom is -0.370 e. The van der Waals surface area contributed by atoms with E-state index in [1.807, 2.05) is 38.1 Å². The Labute approximate surface area is 101 Å². The normalized spacial score (nSPS) is 10.7. The fourth-order valence-corrected chi connectivity index (χ4v) is 2.07. The van der Waals surface area contributed by atoms with E-state index in [0.717, 1.165) is 27.7 Å². The highest BCUT2D eigenvalue weighted by Crippen LogP contribution is 2.22. The standard InChI is InChI=1S/C14H16N2O/c1-9-4-3-5-12-11(6-7-13(15)17)8-10(2)16-14(9)12/h3-5,8H,6-7H2,1-2H3,(H2,15,17). The average Bonchev–Trinajstić information content (AvgIpc) is 2.27. The van der Waals surface area contributed by atoms with E-state index >= 15 is 0 Å². The van der Waals surface area contributed by atoms with Crippen LogP contribution in [0.4, 0.5) is 0 Å². The summed E-state index contributed by atoms with van der Waals surface area (Å²) in [6.45, 7) is 4.02. The number of carbonyl (C=O) groups is 1. The van der Waals surface area contributed by atoms with Crippen molar-refractivity contribution in [3.63, 3.8) is 0 Å². The van der Waals surface area contributed by atoms with Gasteiger partial charge in [-0.2, -0.15) is 0 Å². The van der Waals surface area contributed by atoms with Crippen LogP contribution in [0.2, 0.25) is 0 Å². The molecule has 0 bridgehead atoms. The number of carbonyl (C=O) groups excluding carboxylic acids is 1. The van der Waals surface area contributed by atoms with Gasteiger partial charge in [-0.05, 0) is 37.5 Å². The summed E-state index contributed by atoms with van der Waals surface area (Å²) in [6, 6.07) is 8.14. The Morgan fingerprint density at radius 2 is 2.12 bits per heavy atom. The van der Waals surface area contributed by atoms with Crippen LogP contribution in [0.3, 0.4) is 0 Å². The Balaban J connectivity index is 2.54. The van der Waals surface area contributed by atoms with Crippen LogP contribution in [0.25, 0.3) is 10.9 Å². The summed E-state index contributed by atoms with van der Waals surface area (Å²) in [4.78, 5) is 15.4. The summed E-state index contributed by atoms with van der Waals surface area (Å²) in [5, 5.41) is 1.12. The molecule has 0 aliphatic carbocycles. The molecule has 1 aromatic carbocycles. The van der Waals surface area contributed by atoms with Gasteiger partial charge in [0.1, 0.15) is 0 Å². The molecule has 17 heavy (non-hydrogen) atoms. The average molecular weight is 228 g/mol. The predicted molar refractivity (Wildman–Crippen MR) is 68.7 cm³/mol. The van der Waals surface area contributed by atoms with Crippen molar-refractivity contribution in [3.05, 3.63) is 41.1 Å². The van der Waals surface area contributed by atoms with Gasteiger partial charge in [0, 0.05) is 17.5 Å². The quantitative estimate of drug-likeness (QED) is 0.876. The topological polar surface area (TPSA) is 56.0 Å². The van der Waals surface area contributed by atoms with Gasteiger partial charge in [0.25, 0.3) is 0 Å². The van der Waals surface area contributed by atoms with Crippen molar-refractivity contribution in [2.24, 2.45) is 5.73 Å². The molecule has 1 amide bonds. The maximum Gasteiger partial charge on any atom is 0.217 e. The van der Waals surface area contributed by atoms with Crippen LogP contribution in [-0.4, -0.2) is 10.9 Å². The number of aryl methyl sites for hydroxylation is 3. The number of para-hydroxylation sites is 1. The molecule has 0 fully saturated rings. The molecule has 2 N–H and O–H groups in total. The summed E-state index contributed by atoms with van der Waals surface area (Å²) in [6.07, 6.45) is 1.06. The second kappa shape index (κ2) is 4.53. The number of pyridine rings is 1. The highest BCUT2D eigenvalue weighted by Gasteiger charge is 2.06. The predicted octanol–water partition coefficient (Wildman–Crippen LogP) is 2.27. The molecular formula is C14H16N2O. The van der Waals surface area contributed by atoms with Crippen molar-refractivity contribution in [2.75, 3.05) is 0 Å². The van der Waals surface area contributed by atoms with Crippen LogP contribution < -0.4 is 5.73 Å². The summed E-state index contributed by atoms with van der Waals surface area (Å²) < 4.78 is 0. The molecule has 0 aliphatic heterocycles. The molecule has 2 aromatic rings. The van der Waals surface area contributed by atoms with E-state index in [1.165, 1.54) is 0 Å². The van der Waals surface area contributed by atoms with Gasteiger partial charge in [-0.25, -0.2) is 0 Å². The maximum absolute atomic E-state index is 10.9. The Bertz CT molecular complexity index is 576. The summed E-state index contributed by atoms with van der Waals surface area (Å²) in [5.41, 5.74) is 9.50. The van der Waals surface area contributed by atoms with E-state index in [4.69, 9.17) is 5.73 Å². The first kappa shape index (κ1) is 11.6. The smallest absolute Gasteiger partial charge is 0.217 e. The lowest BCUT2D eigenvalue weighted by Crippen LogP contribution is -2.11. The lowest BCUT2D eigenvalue weighted by molar-refractivity contribution is -0.117. The molecule has 0 spiro atoms. The number of primary amides is 1. The zero-order valence-corrected chi connectivity index (χ0v) is 10.2.